The Hall–Kier alpha value is -3.20. The van der Waals surface area contributed by atoms with Gasteiger partial charge >= 0.3 is 0 Å². The van der Waals surface area contributed by atoms with Crippen LogP contribution in [0.5, 0.6) is 0 Å². The normalized spacial score (nSPS) is 12.1. The van der Waals surface area contributed by atoms with Gasteiger partial charge in [0.25, 0.3) is 5.91 Å². The Balaban J connectivity index is 1.82. The summed E-state index contributed by atoms with van der Waals surface area (Å²) >= 11 is 7.55. The van der Waals surface area contributed by atoms with Gasteiger partial charge in [0.15, 0.2) is 5.13 Å². The molecular formula is C27H31ClN6OS. The fourth-order valence-electron chi connectivity index (χ4n) is 4.32. The zero-order chi connectivity index (χ0) is 25.7. The second-order valence-electron chi connectivity index (χ2n) is 9.01. The maximum absolute atomic E-state index is 13.7. The number of hydrogen-bond acceptors (Lipinski definition) is 6. The molecule has 1 atom stereocenters. The van der Waals surface area contributed by atoms with Crippen molar-refractivity contribution in [1.29, 1.82) is 0 Å². The topological polar surface area (TPSA) is 103 Å². The number of rotatable bonds is 10. The standard InChI is InChI=1S/C27H31ClN6OS/c1-18(2)24(34(13-7-12-29)26(35)23-17-36-27(30)32-23)25-31-22(20-10-6-11-21(28)14-20)16-33(25)15-19-8-4-3-5-9-19/h3-6,8-11,14,16-18,24H,7,12-13,15,29H2,1-2H3,(H2,30,32). The number of benzene rings is 2. The average Bonchev–Trinajstić information content (AvgIpc) is 3.48. The van der Waals surface area contributed by atoms with E-state index < -0.39 is 0 Å². The van der Waals surface area contributed by atoms with Crippen molar-refractivity contribution in [1.82, 2.24) is 19.4 Å². The minimum atomic E-state index is -0.302. The Morgan fingerprint density at radius 2 is 1.92 bits per heavy atom. The van der Waals surface area contributed by atoms with Crippen LogP contribution in [0.4, 0.5) is 5.13 Å². The molecule has 2 aromatic heterocycles. The summed E-state index contributed by atoms with van der Waals surface area (Å²) in [5.41, 5.74) is 14.9. The molecule has 0 radical (unpaired) electrons. The molecule has 9 heteroatoms. The van der Waals surface area contributed by atoms with Crippen LogP contribution in [0, 0.1) is 5.92 Å². The number of halogens is 1. The van der Waals surface area contributed by atoms with Crippen molar-refractivity contribution in [2.45, 2.75) is 32.9 Å². The molecule has 4 aromatic rings. The first kappa shape index (κ1) is 25.9. The number of thiazole rings is 1. The summed E-state index contributed by atoms with van der Waals surface area (Å²) in [5.74, 6) is 0.706. The molecule has 0 aliphatic heterocycles. The van der Waals surface area contributed by atoms with Crippen molar-refractivity contribution in [2.24, 2.45) is 11.7 Å². The third-order valence-electron chi connectivity index (χ3n) is 5.96. The predicted octanol–water partition coefficient (Wildman–Crippen LogP) is 5.48. The van der Waals surface area contributed by atoms with Gasteiger partial charge in [0.2, 0.25) is 0 Å². The van der Waals surface area contributed by atoms with E-state index >= 15 is 0 Å². The Morgan fingerprint density at radius 3 is 2.56 bits per heavy atom. The Bertz CT molecular complexity index is 1300. The van der Waals surface area contributed by atoms with Gasteiger partial charge in [-0.2, -0.15) is 0 Å². The summed E-state index contributed by atoms with van der Waals surface area (Å²) in [6.45, 7) is 5.78. The summed E-state index contributed by atoms with van der Waals surface area (Å²) < 4.78 is 2.13. The number of nitrogens with two attached hydrogens (primary N) is 2. The zero-order valence-electron chi connectivity index (χ0n) is 20.5. The molecule has 0 fully saturated rings. The van der Waals surface area contributed by atoms with E-state index in [-0.39, 0.29) is 17.9 Å². The highest BCUT2D eigenvalue weighted by atomic mass is 35.5. The Labute approximate surface area is 220 Å². The highest BCUT2D eigenvalue weighted by Crippen LogP contribution is 2.33. The number of aromatic nitrogens is 3. The minimum Gasteiger partial charge on any atom is -0.375 e. The third-order valence-corrected chi connectivity index (χ3v) is 6.87. The first-order valence-corrected chi connectivity index (χ1v) is 13.2. The lowest BCUT2D eigenvalue weighted by molar-refractivity contribution is 0.0599. The number of nitrogen functional groups attached to an aromatic ring is 1. The van der Waals surface area contributed by atoms with Gasteiger partial charge in [-0.25, -0.2) is 9.97 Å². The van der Waals surface area contributed by atoms with Crippen molar-refractivity contribution in [2.75, 3.05) is 18.8 Å². The summed E-state index contributed by atoms with van der Waals surface area (Å²) in [6.07, 6.45) is 2.70. The molecular weight excluding hydrogens is 492 g/mol. The number of hydrogen-bond donors (Lipinski definition) is 2. The molecule has 4 rings (SSSR count). The van der Waals surface area contributed by atoms with Crippen LogP contribution >= 0.6 is 22.9 Å². The van der Waals surface area contributed by atoms with Gasteiger partial charge < -0.3 is 20.9 Å². The molecule has 2 aromatic carbocycles. The maximum atomic E-state index is 13.7. The molecule has 0 spiro atoms. The van der Waals surface area contributed by atoms with E-state index in [1.807, 2.05) is 53.6 Å². The lowest BCUT2D eigenvalue weighted by atomic mass is 10.00. The van der Waals surface area contributed by atoms with Gasteiger partial charge in [-0.05, 0) is 36.6 Å². The number of carbonyl (C=O) groups excluding carboxylic acids is 1. The first-order chi connectivity index (χ1) is 17.4. The lowest BCUT2D eigenvalue weighted by Crippen LogP contribution is -2.40. The molecule has 0 aliphatic rings. The van der Waals surface area contributed by atoms with E-state index in [9.17, 15) is 4.79 Å². The molecule has 0 saturated carbocycles. The summed E-state index contributed by atoms with van der Waals surface area (Å²) in [5, 5.41) is 2.72. The summed E-state index contributed by atoms with van der Waals surface area (Å²) in [4.78, 5) is 24.9. The van der Waals surface area contributed by atoms with Crippen LogP contribution in [0.3, 0.4) is 0 Å². The minimum absolute atomic E-state index is 0.0758. The summed E-state index contributed by atoms with van der Waals surface area (Å²) in [7, 11) is 0. The van der Waals surface area contributed by atoms with Crippen LogP contribution in [0.2, 0.25) is 5.02 Å². The molecule has 0 saturated heterocycles. The van der Waals surface area contributed by atoms with Crippen molar-refractivity contribution in [3.63, 3.8) is 0 Å². The summed E-state index contributed by atoms with van der Waals surface area (Å²) in [6, 6.07) is 17.6. The molecule has 0 bridgehead atoms. The zero-order valence-corrected chi connectivity index (χ0v) is 22.0. The van der Waals surface area contributed by atoms with Gasteiger partial charge in [-0.1, -0.05) is 67.9 Å². The quantitative estimate of drug-likeness (QED) is 0.287. The predicted molar refractivity (Wildman–Crippen MR) is 147 cm³/mol. The SMILES string of the molecule is CC(C)C(c1nc(-c2cccc(Cl)c2)cn1Cc1ccccc1)N(CCCN)C(=O)c1csc(N)n1. The largest absolute Gasteiger partial charge is 0.375 e. The number of carbonyl (C=O) groups is 1. The fraction of sp³-hybridized carbons (Fsp3) is 0.296. The highest BCUT2D eigenvalue weighted by Gasteiger charge is 2.33. The van der Waals surface area contributed by atoms with Crippen LogP contribution < -0.4 is 11.5 Å². The molecule has 36 heavy (non-hydrogen) atoms. The van der Waals surface area contributed by atoms with Crippen molar-refractivity contribution in [3.05, 3.63) is 88.3 Å². The lowest BCUT2D eigenvalue weighted by Gasteiger charge is -2.34. The van der Waals surface area contributed by atoms with Crippen LogP contribution in [0.15, 0.2) is 66.2 Å². The number of anilines is 1. The monoisotopic (exact) mass is 522 g/mol. The maximum Gasteiger partial charge on any atom is 0.274 e. The third kappa shape index (κ3) is 5.95. The second-order valence-corrected chi connectivity index (χ2v) is 10.3. The smallest absolute Gasteiger partial charge is 0.274 e. The number of nitrogens with zero attached hydrogens (tertiary/aromatic N) is 4. The van der Waals surface area contributed by atoms with Crippen molar-refractivity contribution >= 4 is 34.0 Å². The van der Waals surface area contributed by atoms with Gasteiger partial charge in [0.1, 0.15) is 11.5 Å². The first-order valence-electron chi connectivity index (χ1n) is 12.0. The Kier molecular flexibility index (Phi) is 8.40. The highest BCUT2D eigenvalue weighted by molar-refractivity contribution is 7.13. The second kappa shape index (κ2) is 11.7. The Morgan fingerprint density at radius 1 is 1.14 bits per heavy atom. The molecule has 0 aliphatic carbocycles. The van der Waals surface area contributed by atoms with Gasteiger partial charge in [-0.3, -0.25) is 4.79 Å². The number of amides is 1. The molecule has 7 nitrogen and oxygen atoms in total. The van der Waals surface area contributed by atoms with Crippen LogP contribution in [-0.4, -0.2) is 38.4 Å². The average molecular weight is 523 g/mol. The van der Waals surface area contributed by atoms with E-state index in [1.165, 1.54) is 11.3 Å². The van der Waals surface area contributed by atoms with E-state index in [4.69, 9.17) is 28.1 Å². The van der Waals surface area contributed by atoms with E-state index in [0.717, 1.165) is 22.6 Å². The van der Waals surface area contributed by atoms with Gasteiger partial charge in [0.05, 0.1) is 11.7 Å². The molecule has 1 amide bonds. The number of imidazole rings is 1. The fourth-order valence-corrected chi connectivity index (χ4v) is 5.05. The van der Waals surface area contributed by atoms with E-state index in [2.05, 4.69) is 35.5 Å². The van der Waals surface area contributed by atoms with Crippen LogP contribution in [0.1, 0.15) is 48.2 Å². The van der Waals surface area contributed by atoms with Crippen molar-refractivity contribution in [3.8, 4) is 11.3 Å². The van der Waals surface area contributed by atoms with Crippen molar-refractivity contribution < 1.29 is 4.79 Å². The van der Waals surface area contributed by atoms with E-state index in [0.29, 0.717) is 41.9 Å². The van der Waals surface area contributed by atoms with E-state index in [1.54, 1.807) is 5.38 Å². The van der Waals surface area contributed by atoms with Crippen LogP contribution in [0.25, 0.3) is 11.3 Å². The van der Waals surface area contributed by atoms with Crippen LogP contribution in [-0.2, 0) is 6.54 Å². The molecule has 2 heterocycles. The molecule has 1 unspecified atom stereocenters. The molecule has 4 N–H and O–H groups in total. The van der Waals surface area contributed by atoms with Gasteiger partial charge in [-0.15, -0.1) is 11.3 Å². The molecule has 188 valence electrons. The van der Waals surface area contributed by atoms with Gasteiger partial charge in [0, 0.05) is 35.3 Å².